The molecule has 0 aliphatic carbocycles. The van der Waals surface area contributed by atoms with Crippen LogP contribution in [0, 0.1) is 13.8 Å². The van der Waals surface area contributed by atoms with E-state index in [1.165, 1.54) is 15.6 Å². The number of aromatic nitrogens is 3. The molecule has 1 aliphatic heterocycles. The molecular weight excluding hydrogens is 436 g/mol. The Bertz CT molecular complexity index is 1370. The number of rotatable bonds is 3. The molecule has 0 unspecified atom stereocenters. The first kappa shape index (κ1) is 19.5. The highest BCUT2D eigenvalue weighted by atomic mass is 32.2. The molecule has 0 atom stereocenters. The average Bonchev–Trinajstić information content (AvgIpc) is 3.12. The van der Waals surface area contributed by atoms with E-state index in [9.17, 15) is 8.42 Å². The third kappa shape index (κ3) is 3.36. The smallest absolute Gasteiger partial charge is 0.264 e. The maximum absolute atomic E-state index is 13.6. The Balaban J connectivity index is 1.59. The van der Waals surface area contributed by atoms with Crippen molar-refractivity contribution in [3.05, 3.63) is 59.6 Å². The molecule has 1 aliphatic rings. The van der Waals surface area contributed by atoms with Crippen LogP contribution >= 0.6 is 23.1 Å². The highest BCUT2D eigenvalue weighted by Crippen LogP contribution is 2.40. The van der Waals surface area contributed by atoms with E-state index in [0.29, 0.717) is 28.7 Å². The van der Waals surface area contributed by atoms with E-state index in [0.717, 1.165) is 31.2 Å². The summed E-state index contributed by atoms with van der Waals surface area (Å²) in [5.41, 5.74) is 3.28. The summed E-state index contributed by atoms with van der Waals surface area (Å²) in [5, 5.41) is 0.921. The topological polar surface area (TPSA) is 76.1 Å². The van der Waals surface area contributed by atoms with Gasteiger partial charge in [-0.15, -0.1) is 23.1 Å². The van der Waals surface area contributed by atoms with E-state index in [-0.39, 0.29) is 0 Å². The van der Waals surface area contributed by atoms with Crippen LogP contribution in [0.2, 0.25) is 0 Å². The second kappa shape index (κ2) is 7.33. The van der Waals surface area contributed by atoms with Crippen molar-refractivity contribution in [3.8, 4) is 11.1 Å². The molecule has 2 aromatic heterocycles. The zero-order valence-electron chi connectivity index (χ0n) is 16.4. The summed E-state index contributed by atoms with van der Waals surface area (Å²) in [4.78, 5) is 14.2. The second-order valence-electron chi connectivity index (χ2n) is 6.99. The molecule has 0 N–H and O–H groups in total. The van der Waals surface area contributed by atoms with E-state index in [2.05, 4.69) is 15.0 Å². The largest absolute Gasteiger partial charge is 0.264 e. The van der Waals surface area contributed by atoms with Gasteiger partial charge in [0.15, 0.2) is 0 Å². The highest BCUT2D eigenvalue weighted by molar-refractivity contribution is 8.00. The van der Waals surface area contributed by atoms with Crippen molar-refractivity contribution in [1.82, 2.24) is 15.0 Å². The Labute approximate surface area is 183 Å². The van der Waals surface area contributed by atoms with Gasteiger partial charge in [0.1, 0.15) is 5.82 Å². The molecule has 0 radical (unpaired) electrons. The zero-order valence-corrected chi connectivity index (χ0v) is 18.8. The minimum Gasteiger partial charge on any atom is -0.264 e. The Morgan fingerprint density at radius 2 is 1.80 bits per heavy atom. The Morgan fingerprint density at radius 1 is 1.00 bits per heavy atom. The van der Waals surface area contributed by atoms with Crippen LogP contribution in [0.3, 0.4) is 0 Å². The number of hydrogen-bond donors (Lipinski definition) is 0. The summed E-state index contributed by atoms with van der Waals surface area (Å²) in [6.07, 6.45) is 3.53. The summed E-state index contributed by atoms with van der Waals surface area (Å²) in [6.45, 7) is 4.18. The van der Waals surface area contributed by atoms with Gasteiger partial charge in [-0.1, -0.05) is 6.07 Å². The third-order valence-corrected chi connectivity index (χ3v) is 8.73. The maximum Gasteiger partial charge on any atom is 0.264 e. The van der Waals surface area contributed by atoms with Crippen molar-refractivity contribution >= 4 is 49.0 Å². The van der Waals surface area contributed by atoms with Gasteiger partial charge in [-0.2, -0.15) is 0 Å². The molecule has 152 valence electrons. The standard InChI is InChI=1S/C21H18N4O2S3/c1-13-22-11-16(12-23-13)15-3-6-20-19(9-15)25(7-8-28-20)30(26,27)17-4-5-18-21(10-17)29-14(2)24-18/h3-6,9-12H,7-8H2,1-2H3. The number of benzene rings is 2. The molecule has 2 aromatic carbocycles. The molecule has 5 rings (SSSR count). The fraction of sp³-hybridized carbons (Fsp3) is 0.190. The van der Waals surface area contributed by atoms with Crippen molar-refractivity contribution in [1.29, 1.82) is 0 Å². The predicted octanol–water partition coefficient (Wildman–Crippen LogP) is 4.67. The van der Waals surface area contributed by atoms with Gasteiger partial charge in [0.05, 0.1) is 25.8 Å². The Kier molecular flexibility index (Phi) is 4.76. The SMILES string of the molecule is Cc1ncc(-c2ccc3c(c2)N(S(=O)(=O)c2ccc4nc(C)sc4c2)CCS3)cn1. The lowest BCUT2D eigenvalue weighted by Gasteiger charge is -2.30. The van der Waals surface area contributed by atoms with Crippen molar-refractivity contribution in [2.24, 2.45) is 0 Å². The van der Waals surface area contributed by atoms with Crippen LogP contribution in [0.25, 0.3) is 21.3 Å². The van der Waals surface area contributed by atoms with E-state index in [1.54, 1.807) is 42.4 Å². The van der Waals surface area contributed by atoms with Crippen molar-refractivity contribution in [3.63, 3.8) is 0 Å². The van der Waals surface area contributed by atoms with Gasteiger partial charge in [0.25, 0.3) is 10.0 Å². The maximum atomic E-state index is 13.6. The molecule has 0 amide bonds. The van der Waals surface area contributed by atoms with Gasteiger partial charge in [0, 0.05) is 35.2 Å². The van der Waals surface area contributed by atoms with Crippen LogP contribution in [0.5, 0.6) is 0 Å². The van der Waals surface area contributed by atoms with E-state index in [1.807, 2.05) is 32.0 Å². The molecule has 0 fully saturated rings. The second-order valence-corrected chi connectivity index (χ2v) is 11.2. The summed E-state index contributed by atoms with van der Waals surface area (Å²) < 4.78 is 29.5. The molecule has 9 heteroatoms. The molecule has 0 bridgehead atoms. The van der Waals surface area contributed by atoms with Gasteiger partial charge in [-0.3, -0.25) is 4.31 Å². The van der Waals surface area contributed by atoms with Crippen LogP contribution in [-0.4, -0.2) is 35.7 Å². The van der Waals surface area contributed by atoms with Gasteiger partial charge in [0.2, 0.25) is 0 Å². The predicted molar refractivity (Wildman–Crippen MR) is 122 cm³/mol. The first-order valence-electron chi connectivity index (χ1n) is 9.38. The van der Waals surface area contributed by atoms with Gasteiger partial charge in [-0.05, 0) is 49.7 Å². The van der Waals surface area contributed by atoms with E-state index >= 15 is 0 Å². The molecule has 0 spiro atoms. The van der Waals surface area contributed by atoms with Crippen LogP contribution < -0.4 is 4.31 Å². The fourth-order valence-electron chi connectivity index (χ4n) is 3.47. The number of aryl methyl sites for hydroxylation is 2. The van der Waals surface area contributed by atoms with Crippen LogP contribution in [0.1, 0.15) is 10.8 Å². The lowest BCUT2D eigenvalue weighted by atomic mass is 10.1. The van der Waals surface area contributed by atoms with E-state index < -0.39 is 10.0 Å². The van der Waals surface area contributed by atoms with Crippen LogP contribution in [-0.2, 0) is 10.0 Å². The molecule has 0 saturated heterocycles. The lowest BCUT2D eigenvalue weighted by Crippen LogP contribution is -2.35. The number of thioether (sulfide) groups is 1. The number of sulfonamides is 1. The third-order valence-electron chi connectivity index (χ3n) is 4.95. The van der Waals surface area contributed by atoms with Crippen LogP contribution in [0.15, 0.2) is 58.6 Å². The first-order valence-corrected chi connectivity index (χ1v) is 12.6. The molecule has 6 nitrogen and oxygen atoms in total. The average molecular weight is 455 g/mol. The molecule has 3 heterocycles. The van der Waals surface area contributed by atoms with Crippen molar-refractivity contribution in [2.75, 3.05) is 16.6 Å². The number of thiazole rings is 1. The van der Waals surface area contributed by atoms with Crippen molar-refractivity contribution < 1.29 is 8.42 Å². The number of anilines is 1. The quantitative estimate of drug-likeness (QED) is 0.448. The summed E-state index contributed by atoms with van der Waals surface area (Å²) in [7, 11) is -3.70. The molecule has 0 saturated carbocycles. The number of hydrogen-bond acceptors (Lipinski definition) is 7. The lowest BCUT2D eigenvalue weighted by molar-refractivity contribution is 0.591. The minimum atomic E-state index is -3.70. The van der Waals surface area contributed by atoms with Gasteiger partial charge in [-0.25, -0.2) is 23.4 Å². The minimum absolute atomic E-state index is 0.292. The van der Waals surface area contributed by atoms with Crippen LogP contribution in [0.4, 0.5) is 5.69 Å². The number of fused-ring (bicyclic) bond motifs is 2. The summed E-state index contributed by atoms with van der Waals surface area (Å²) in [5.74, 6) is 1.41. The first-order chi connectivity index (χ1) is 14.4. The highest BCUT2D eigenvalue weighted by Gasteiger charge is 2.30. The Morgan fingerprint density at radius 3 is 2.60 bits per heavy atom. The Hall–Kier alpha value is -2.49. The molecular formula is C21H18N4O2S3. The number of nitrogens with zero attached hydrogens (tertiary/aromatic N) is 4. The van der Waals surface area contributed by atoms with Gasteiger partial charge < -0.3 is 0 Å². The summed E-state index contributed by atoms with van der Waals surface area (Å²) in [6, 6.07) is 11.0. The monoisotopic (exact) mass is 454 g/mol. The molecule has 4 aromatic rings. The summed E-state index contributed by atoms with van der Waals surface area (Å²) >= 11 is 3.17. The molecule has 30 heavy (non-hydrogen) atoms. The van der Waals surface area contributed by atoms with E-state index in [4.69, 9.17) is 0 Å². The van der Waals surface area contributed by atoms with Crippen molar-refractivity contribution in [2.45, 2.75) is 23.6 Å². The normalized spacial score (nSPS) is 14.1. The fourth-order valence-corrected chi connectivity index (χ4v) is 7.06. The zero-order chi connectivity index (χ0) is 20.9. The van der Waals surface area contributed by atoms with Gasteiger partial charge >= 0.3 is 0 Å².